The van der Waals surface area contributed by atoms with Gasteiger partial charge in [-0.05, 0) is 52.3 Å². The molecule has 25 heavy (non-hydrogen) atoms. The Labute approximate surface area is 153 Å². The van der Waals surface area contributed by atoms with E-state index >= 15 is 0 Å². The number of furan rings is 1. The van der Waals surface area contributed by atoms with Gasteiger partial charge in [0, 0.05) is 5.69 Å². The number of amides is 2. The Morgan fingerprint density at radius 1 is 1.12 bits per heavy atom. The highest BCUT2D eigenvalue weighted by atomic mass is 79.9. The quantitative estimate of drug-likeness (QED) is 0.655. The topological polar surface area (TPSA) is 97.1 Å². The average Bonchev–Trinajstić information content (AvgIpc) is 3.24. The second kappa shape index (κ2) is 7.53. The molecular formula is C15H10BrFN4O3S. The predicted molar refractivity (Wildman–Crippen MR) is 91.8 cm³/mol. The first-order valence-electron chi connectivity index (χ1n) is 6.94. The van der Waals surface area contributed by atoms with Gasteiger partial charge in [0.1, 0.15) is 10.8 Å². The third-order valence-electron chi connectivity index (χ3n) is 2.96. The van der Waals surface area contributed by atoms with E-state index in [-0.39, 0.29) is 17.3 Å². The molecule has 3 aromatic rings. The molecule has 1 aromatic carbocycles. The predicted octanol–water partition coefficient (Wildman–Crippen LogP) is 3.22. The van der Waals surface area contributed by atoms with Crippen LogP contribution in [0, 0.1) is 5.82 Å². The van der Waals surface area contributed by atoms with Crippen LogP contribution in [0.5, 0.6) is 0 Å². The van der Waals surface area contributed by atoms with Crippen LogP contribution in [0.15, 0.2) is 45.5 Å². The Kier molecular flexibility index (Phi) is 5.19. The number of nitrogens with zero attached hydrogens (tertiary/aromatic N) is 2. The lowest BCUT2D eigenvalue weighted by molar-refractivity contribution is 0.0921. The summed E-state index contributed by atoms with van der Waals surface area (Å²) in [5.41, 5.74) is 0.444. The number of nitrogens with one attached hydrogen (secondary N) is 2. The summed E-state index contributed by atoms with van der Waals surface area (Å²) in [4.78, 5) is 23.9. The minimum absolute atomic E-state index is 0.110. The van der Waals surface area contributed by atoms with Crippen LogP contribution in [-0.2, 0) is 6.54 Å². The number of anilines is 1. The van der Waals surface area contributed by atoms with Crippen molar-refractivity contribution >= 4 is 44.8 Å². The standard InChI is InChI=1S/C15H10BrFN4O3S/c16-11-6-5-10(24-11)13(22)18-7-12-20-21-15(25-12)14(23)19-9-3-1-8(17)2-4-9/h1-6H,7H2,(H,18,22)(H,19,23). The largest absolute Gasteiger partial charge is 0.444 e. The normalized spacial score (nSPS) is 10.5. The molecule has 3 rings (SSSR count). The minimum atomic E-state index is -0.461. The monoisotopic (exact) mass is 424 g/mol. The van der Waals surface area contributed by atoms with Crippen molar-refractivity contribution in [3.05, 3.63) is 62.7 Å². The van der Waals surface area contributed by atoms with E-state index in [0.717, 1.165) is 11.3 Å². The highest BCUT2D eigenvalue weighted by molar-refractivity contribution is 9.10. The molecule has 0 aliphatic heterocycles. The molecule has 0 unspecified atom stereocenters. The molecule has 128 valence electrons. The molecule has 0 aliphatic carbocycles. The SMILES string of the molecule is O=C(NCc1nnc(C(=O)Nc2ccc(F)cc2)s1)c1ccc(Br)o1. The van der Waals surface area contributed by atoms with E-state index in [4.69, 9.17) is 4.42 Å². The molecule has 2 aromatic heterocycles. The molecular weight excluding hydrogens is 415 g/mol. The Hall–Kier alpha value is -2.59. The van der Waals surface area contributed by atoms with Crippen LogP contribution >= 0.6 is 27.3 Å². The van der Waals surface area contributed by atoms with Gasteiger partial charge < -0.3 is 15.1 Å². The second-order valence-corrected chi connectivity index (χ2v) is 6.59. The zero-order valence-corrected chi connectivity index (χ0v) is 14.9. The van der Waals surface area contributed by atoms with Gasteiger partial charge >= 0.3 is 0 Å². The lowest BCUT2D eigenvalue weighted by Crippen LogP contribution is -2.22. The summed E-state index contributed by atoms with van der Waals surface area (Å²) >= 11 is 4.16. The lowest BCUT2D eigenvalue weighted by Gasteiger charge is -2.01. The van der Waals surface area contributed by atoms with E-state index in [1.807, 2.05) is 0 Å². The van der Waals surface area contributed by atoms with Gasteiger partial charge in [-0.1, -0.05) is 11.3 Å². The average molecular weight is 425 g/mol. The third-order valence-corrected chi connectivity index (χ3v) is 4.31. The van der Waals surface area contributed by atoms with Gasteiger partial charge in [0.2, 0.25) is 5.01 Å². The summed E-state index contributed by atoms with van der Waals surface area (Å²) in [6, 6.07) is 8.50. The zero-order valence-electron chi connectivity index (χ0n) is 12.5. The van der Waals surface area contributed by atoms with Crippen molar-refractivity contribution in [2.75, 3.05) is 5.32 Å². The summed E-state index contributed by atoms with van der Waals surface area (Å²) in [7, 11) is 0. The van der Waals surface area contributed by atoms with Gasteiger partial charge in [0.05, 0.1) is 6.54 Å². The molecule has 0 saturated heterocycles. The number of halogens is 2. The van der Waals surface area contributed by atoms with Crippen molar-refractivity contribution in [2.45, 2.75) is 6.54 Å². The van der Waals surface area contributed by atoms with E-state index in [0.29, 0.717) is 15.4 Å². The van der Waals surface area contributed by atoms with Crippen molar-refractivity contribution in [3.63, 3.8) is 0 Å². The second-order valence-electron chi connectivity index (χ2n) is 4.75. The van der Waals surface area contributed by atoms with Crippen molar-refractivity contribution in [2.24, 2.45) is 0 Å². The van der Waals surface area contributed by atoms with Crippen LogP contribution in [-0.4, -0.2) is 22.0 Å². The molecule has 10 heteroatoms. The maximum absolute atomic E-state index is 12.8. The van der Waals surface area contributed by atoms with Crippen LogP contribution in [0.4, 0.5) is 10.1 Å². The number of benzene rings is 1. The Balaban J connectivity index is 1.57. The molecule has 0 fully saturated rings. The van der Waals surface area contributed by atoms with Crippen molar-refractivity contribution in [1.29, 1.82) is 0 Å². The fourth-order valence-electron chi connectivity index (χ4n) is 1.81. The number of rotatable bonds is 5. The number of carbonyl (C=O) groups is 2. The highest BCUT2D eigenvalue weighted by Gasteiger charge is 2.15. The first kappa shape index (κ1) is 17.2. The zero-order chi connectivity index (χ0) is 17.8. The van der Waals surface area contributed by atoms with E-state index in [1.54, 1.807) is 6.07 Å². The molecule has 0 saturated carbocycles. The summed E-state index contributed by atoms with van der Waals surface area (Å²) in [6.45, 7) is 0.110. The first-order chi connectivity index (χ1) is 12.0. The maximum atomic E-state index is 12.8. The Morgan fingerprint density at radius 3 is 2.56 bits per heavy atom. The van der Waals surface area contributed by atoms with E-state index in [1.165, 1.54) is 30.3 Å². The fraction of sp³-hybridized carbons (Fsp3) is 0.0667. The van der Waals surface area contributed by atoms with Crippen molar-refractivity contribution < 1.29 is 18.4 Å². The van der Waals surface area contributed by atoms with Crippen molar-refractivity contribution in [1.82, 2.24) is 15.5 Å². The first-order valence-corrected chi connectivity index (χ1v) is 8.55. The summed E-state index contributed by atoms with van der Waals surface area (Å²) in [5.74, 6) is -1.10. The molecule has 2 heterocycles. The smallest absolute Gasteiger partial charge is 0.287 e. The van der Waals surface area contributed by atoms with Gasteiger partial charge in [0.25, 0.3) is 11.8 Å². The Morgan fingerprint density at radius 2 is 1.88 bits per heavy atom. The molecule has 0 radical (unpaired) electrons. The highest BCUT2D eigenvalue weighted by Crippen LogP contribution is 2.16. The number of aromatic nitrogens is 2. The van der Waals surface area contributed by atoms with Gasteiger partial charge in [-0.25, -0.2) is 4.39 Å². The summed E-state index contributed by atoms with van der Waals surface area (Å²) < 4.78 is 18.4. The number of hydrogen-bond acceptors (Lipinski definition) is 6. The molecule has 0 aliphatic rings. The van der Waals surface area contributed by atoms with Crippen LogP contribution in [0.25, 0.3) is 0 Å². The van der Waals surface area contributed by atoms with Crippen molar-refractivity contribution in [3.8, 4) is 0 Å². The van der Waals surface area contributed by atoms with Crippen LogP contribution in [0.3, 0.4) is 0 Å². The lowest BCUT2D eigenvalue weighted by atomic mass is 10.3. The van der Waals surface area contributed by atoms with Gasteiger partial charge in [-0.3, -0.25) is 9.59 Å². The van der Waals surface area contributed by atoms with Crippen LogP contribution in [0.2, 0.25) is 0 Å². The van der Waals surface area contributed by atoms with Crippen LogP contribution < -0.4 is 10.6 Å². The molecule has 2 N–H and O–H groups in total. The third kappa shape index (κ3) is 4.48. The van der Waals surface area contributed by atoms with Gasteiger partial charge in [0.15, 0.2) is 10.4 Å². The molecule has 7 nitrogen and oxygen atoms in total. The fourth-order valence-corrected chi connectivity index (χ4v) is 2.80. The van der Waals surface area contributed by atoms with Gasteiger partial charge in [-0.15, -0.1) is 10.2 Å². The molecule has 0 spiro atoms. The van der Waals surface area contributed by atoms with Crippen LogP contribution in [0.1, 0.15) is 25.4 Å². The molecule has 0 atom stereocenters. The van der Waals surface area contributed by atoms with E-state index in [9.17, 15) is 14.0 Å². The van der Waals surface area contributed by atoms with Gasteiger partial charge in [-0.2, -0.15) is 0 Å². The summed E-state index contributed by atoms with van der Waals surface area (Å²) in [6.07, 6.45) is 0. The summed E-state index contributed by atoms with van der Waals surface area (Å²) in [5, 5.41) is 13.4. The van der Waals surface area contributed by atoms with E-state index in [2.05, 4.69) is 36.8 Å². The molecule has 2 amide bonds. The van der Waals surface area contributed by atoms with E-state index < -0.39 is 17.6 Å². The number of hydrogen-bond donors (Lipinski definition) is 2. The minimum Gasteiger partial charge on any atom is -0.444 e. The Bertz CT molecular complexity index is 910. The number of carbonyl (C=O) groups excluding carboxylic acids is 2. The maximum Gasteiger partial charge on any atom is 0.287 e. The molecule has 0 bridgehead atoms.